The summed E-state index contributed by atoms with van der Waals surface area (Å²) in [6.45, 7) is 4.64. The number of hydrogen-bond donors (Lipinski definition) is 3. The topological polar surface area (TPSA) is 84.1 Å². The van der Waals surface area contributed by atoms with Crippen molar-refractivity contribution in [1.29, 1.82) is 0 Å². The second-order valence-electron chi connectivity index (χ2n) is 4.30. The van der Waals surface area contributed by atoms with Crippen molar-refractivity contribution in [2.75, 3.05) is 17.6 Å². The van der Waals surface area contributed by atoms with Crippen LogP contribution in [-0.4, -0.2) is 27.1 Å². The highest BCUT2D eigenvalue weighted by atomic mass is 32.1. The predicted octanol–water partition coefficient (Wildman–Crippen LogP) is 2.73. The van der Waals surface area contributed by atoms with Gasteiger partial charge in [-0.3, -0.25) is 0 Å². The highest BCUT2D eigenvalue weighted by molar-refractivity contribution is 7.11. The van der Waals surface area contributed by atoms with E-state index in [2.05, 4.69) is 14.7 Å². The first-order valence-electron chi connectivity index (χ1n) is 6.21. The number of nitrogen functional groups attached to an aromatic ring is 1. The molecule has 19 heavy (non-hydrogen) atoms. The predicted molar refractivity (Wildman–Crippen MR) is 81.8 cm³/mol. The maximum absolute atomic E-state index is 9.54. The fourth-order valence-electron chi connectivity index (χ4n) is 1.71. The van der Waals surface area contributed by atoms with E-state index in [1.54, 1.807) is 11.3 Å². The minimum absolute atomic E-state index is 0.261. The van der Waals surface area contributed by atoms with Crippen molar-refractivity contribution >= 4 is 33.7 Å². The van der Waals surface area contributed by atoms with E-state index in [-0.39, 0.29) is 6.10 Å². The standard InChI is InChI=1S/C12H18N4OS2/c1-3-8(17)4-5-14-12-10(11(13)16-19-12)9-6-18-7(2)15-9/h6,8,14,17H,3-5H2,1-2H3,(H2,13,16). The Hall–Kier alpha value is -1.18. The molecule has 0 saturated heterocycles. The van der Waals surface area contributed by atoms with E-state index >= 15 is 0 Å². The molecule has 0 aliphatic rings. The molecule has 0 aromatic carbocycles. The van der Waals surface area contributed by atoms with Crippen LogP contribution in [0, 0.1) is 6.92 Å². The average Bonchev–Trinajstić information content (AvgIpc) is 2.95. The molecule has 4 N–H and O–H groups in total. The molecule has 7 heteroatoms. The van der Waals surface area contributed by atoms with Gasteiger partial charge in [-0.05, 0) is 31.3 Å². The Balaban J connectivity index is 2.10. The van der Waals surface area contributed by atoms with E-state index in [4.69, 9.17) is 5.73 Å². The Kier molecular flexibility index (Phi) is 4.73. The summed E-state index contributed by atoms with van der Waals surface area (Å²) < 4.78 is 4.18. The van der Waals surface area contributed by atoms with Gasteiger partial charge in [0.15, 0.2) is 0 Å². The van der Waals surface area contributed by atoms with Gasteiger partial charge in [0.25, 0.3) is 0 Å². The van der Waals surface area contributed by atoms with Crippen molar-refractivity contribution in [3.63, 3.8) is 0 Å². The third-order valence-electron chi connectivity index (χ3n) is 2.83. The summed E-state index contributed by atoms with van der Waals surface area (Å²) in [5.74, 6) is 0.508. The number of nitrogens with one attached hydrogen (secondary N) is 1. The van der Waals surface area contributed by atoms with Crippen molar-refractivity contribution in [2.24, 2.45) is 0 Å². The quantitative estimate of drug-likeness (QED) is 0.763. The van der Waals surface area contributed by atoms with Crippen molar-refractivity contribution in [2.45, 2.75) is 32.8 Å². The largest absolute Gasteiger partial charge is 0.393 e. The van der Waals surface area contributed by atoms with Gasteiger partial charge in [0, 0.05) is 11.9 Å². The van der Waals surface area contributed by atoms with Gasteiger partial charge in [-0.2, -0.15) is 4.37 Å². The fraction of sp³-hybridized carbons (Fsp3) is 0.500. The lowest BCUT2D eigenvalue weighted by molar-refractivity contribution is 0.164. The lowest BCUT2D eigenvalue weighted by Crippen LogP contribution is -2.12. The molecule has 2 rings (SSSR count). The number of aliphatic hydroxyl groups excluding tert-OH is 1. The average molecular weight is 298 g/mol. The molecule has 2 aromatic rings. The zero-order valence-electron chi connectivity index (χ0n) is 11.0. The van der Waals surface area contributed by atoms with Crippen LogP contribution in [0.5, 0.6) is 0 Å². The smallest absolute Gasteiger partial charge is 0.148 e. The van der Waals surface area contributed by atoms with E-state index in [0.717, 1.165) is 27.7 Å². The minimum Gasteiger partial charge on any atom is -0.393 e. The van der Waals surface area contributed by atoms with Crippen LogP contribution in [0.2, 0.25) is 0 Å². The molecule has 0 radical (unpaired) electrons. The van der Waals surface area contributed by atoms with Crippen LogP contribution in [0.4, 0.5) is 10.8 Å². The van der Waals surface area contributed by atoms with Crippen molar-refractivity contribution in [3.8, 4) is 11.3 Å². The van der Waals surface area contributed by atoms with Crippen molar-refractivity contribution < 1.29 is 5.11 Å². The summed E-state index contributed by atoms with van der Waals surface area (Å²) in [5.41, 5.74) is 7.66. The molecule has 0 saturated carbocycles. The third-order valence-corrected chi connectivity index (χ3v) is 4.42. The lowest BCUT2D eigenvalue weighted by atomic mass is 10.2. The normalized spacial score (nSPS) is 12.6. The Bertz CT molecular complexity index is 538. The molecular formula is C12H18N4OS2. The van der Waals surface area contributed by atoms with E-state index < -0.39 is 0 Å². The van der Waals surface area contributed by atoms with Crippen LogP contribution in [0.3, 0.4) is 0 Å². The molecule has 5 nitrogen and oxygen atoms in total. The Labute approximate surface area is 120 Å². The van der Waals surface area contributed by atoms with Crippen LogP contribution in [0.15, 0.2) is 5.38 Å². The SMILES string of the molecule is CCC(O)CCNc1snc(N)c1-c1csc(C)n1. The first-order chi connectivity index (χ1) is 9.11. The van der Waals surface area contributed by atoms with E-state index in [9.17, 15) is 5.11 Å². The van der Waals surface area contributed by atoms with Crippen LogP contribution < -0.4 is 11.1 Å². The van der Waals surface area contributed by atoms with Gasteiger partial charge in [-0.1, -0.05) is 6.92 Å². The van der Waals surface area contributed by atoms with E-state index in [1.165, 1.54) is 11.5 Å². The number of aromatic nitrogens is 2. The lowest BCUT2D eigenvalue weighted by Gasteiger charge is -2.09. The summed E-state index contributed by atoms with van der Waals surface area (Å²) in [4.78, 5) is 4.45. The molecule has 0 bridgehead atoms. The molecule has 0 aliphatic carbocycles. The Morgan fingerprint density at radius 2 is 2.32 bits per heavy atom. The van der Waals surface area contributed by atoms with Gasteiger partial charge in [0.1, 0.15) is 10.8 Å². The summed E-state index contributed by atoms with van der Waals surface area (Å²) in [6.07, 6.45) is 1.22. The summed E-state index contributed by atoms with van der Waals surface area (Å²) >= 11 is 2.93. The number of thiazole rings is 1. The van der Waals surface area contributed by atoms with Gasteiger partial charge in [0.2, 0.25) is 0 Å². The van der Waals surface area contributed by atoms with E-state index in [0.29, 0.717) is 18.8 Å². The highest BCUT2D eigenvalue weighted by Crippen LogP contribution is 2.36. The maximum Gasteiger partial charge on any atom is 0.148 e. The molecule has 0 fully saturated rings. The number of nitrogens with two attached hydrogens (primary N) is 1. The molecule has 104 valence electrons. The second-order valence-corrected chi connectivity index (χ2v) is 6.14. The molecule has 1 unspecified atom stereocenters. The first kappa shape index (κ1) is 14.2. The molecule has 0 spiro atoms. The zero-order valence-corrected chi connectivity index (χ0v) is 12.6. The van der Waals surface area contributed by atoms with Crippen molar-refractivity contribution in [1.82, 2.24) is 9.36 Å². The molecule has 1 atom stereocenters. The number of hydrogen-bond acceptors (Lipinski definition) is 7. The number of nitrogens with zero attached hydrogens (tertiary/aromatic N) is 2. The monoisotopic (exact) mass is 298 g/mol. The fourth-order valence-corrected chi connectivity index (χ4v) is 3.06. The molecule has 2 aromatic heterocycles. The minimum atomic E-state index is -0.261. The number of anilines is 2. The second kappa shape index (κ2) is 6.31. The molecule has 0 amide bonds. The first-order valence-corrected chi connectivity index (χ1v) is 7.86. The van der Waals surface area contributed by atoms with Crippen LogP contribution in [0.1, 0.15) is 24.8 Å². The van der Waals surface area contributed by atoms with Crippen LogP contribution in [-0.2, 0) is 0 Å². The van der Waals surface area contributed by atoms with Gasteiger partial charge in [-0.25, -0.2) is 4.98 Å². The van der Waals surface area contributed by atoms with Crippen LogP contribution >= 0.6 is 22.9 Å². The third kappa shape index (κ3) is 3.43. The van der Waals surface area contributed by atoms with E-state index in [1.807, 2.05) is 19.2 Å². The number of aryl methyl sites for hydroxylation is 1. The van der Waals surface area contributed by atoms with Gasteiger partial charge in [0.05, 0.1) is 22.4 Å². The Morgan fingerprint density at radius 1 is 1.53 bits per heavy atom. The maximum atomic E-state index is 9.54. The summed E-state index contributed by atoms with van der Waals surface area (Å²) in [7, 11) is 0. The summed E-state index contributed by atoms with van der Waals surface area (Å²) in [6, 6.07) is 0. The molecule has 0 aliphatic heterocycles. The van der Waals surface area contributed by atoms with Crippen LogP contribution in [0.25, 0.3) is 11.3 Å². The van der Waals surface area contributed by atoms with Gasteiger partial charge >= 0.3 is 0 Å². The summed E-state index contributed by atoms with van der Waals surface area (Å²) in [5, 5.41) is 16.7. The highest BCUT2D eigenvalue weighted by Gasteiger charge is 2.16. The zero-order chi connectivity index (χ0) is 13.8. The molecular weight excluding hydrogens is 280 g/mol. The van der Waals surface area contributed by atoms with Crippen molar-refractivity contribution in [3.05, 3.63) is 10.4 Å². The van der Waals surface area contributed by atoms with Gasteiger partial charge < -0.3 is 16.2 Å². The van der Waals surface area contributed by atoms with Gasteiger partial charge in [-0.15, -0.1) is 11.3 Å². The number of aliphatic hydroxyl groups is 1. The Morgan fingerprint density at radius 3 is 2.95 bits per heavy atom. The number of rotatable bonds is 6. The molecule has 2 heterocycles.